The van der Waals surface area contributed by atoms with Crippen LogP contribution in [0.3, 0.4) is 0 Å². The first-order chi connectivity index (χ1) is 15.8. The number of para-hydroxylation sites is 1. The van der Waals surface area contributed by atoms with E-state index in [-0.39, 0.29) is 17.5 Å². The number of amides is 1. The molecule has 33 heavy (non-hydrogen) atoms. The van der Waals surface area contributed by atoms with Gasteiger partial charge in [0.05, 0.1) is 5.69 Å². The van der Waals surface area contributed by atoms with Crippen LogP contribution in [-0.4, -0.2) is 51.7 Å². The Hall–Kier alpha value is -3.19. The number of aryl methyl sites for hydroxylation is 2. The van der Waals surface area contributed by atoms with Gasteiger partial charge in [0.25, 0.3) is 5.88 Å². The van der Waals surface area contributed by atoms with Crippen molar-refractivity contribution in [2.45, 2.75) is 57.5 Å². The zero-order valence-corrected chi connectivity index (χ0v) is 19.9. The molecular formula is C26H33N5O2. The standard InChI is InChI=1S/C26H33N5O2/c1-19-9-8-10-21(17-19)18-26(30(3)4)15-13-22(14-16-26)27-25(32)33-24-20(2)28-31(29-24)23-11-6-5-7-12-23/h5-12,17,22H,13-16,18H2,1-4H3,(H,27,32). The van der Waals surface area contributed by atoms with Crippen molar-refractivity contribution in [2.24, 2.45) is 0 Å². The van der Waals surface area contributed by atoms with E-state index < -0.39 is 6.09 Å². The molecule has 0 spiro atoms. The van der Waals surface area contributed by atoms with Crippen molar-refractivity contribution in [1.29, 1.82) is 0 Å². The molecule has 174 valence electrons. The van der Waals surface area contributed by atoms with E-state index in [1.54, 1.807) is 6.92 Å². The lowest BCUT2D eigenvalue weighted by Gasteiger charge is -2.45. The molecule has 0 atom stereocenters. The smallest absolute Gasteiger partial charge is 0.388 e. The van der Waals surface area contributed by atoms with Crippen molar-refractivity contribution in [2.75, 3.05) is 14.1 Å². The van der Waals surface area contributed by atoms with E-state index in [1.165, 1.54) is 15.9 Å². The van der Waals surface area contributed by atoms with Crippen LogP contribution in [0.1, 0.15) is 42.5 Å². The minimum absolute atomic E-state index is 0.0903. The summed E-state index contributed by atoms with van der Waals surface area (Å²) < 4.78 is 5.50. The van der Waals surface area contributed by atoms with E-state index in [2.05, 4.69) is 65.7 Å². The third-order valence-corrected chi connectivity index (χ3v) is 6.72. The number of benzene rings is 2. The Morgan fingerprint density at radius 1 is 1.09 bits per heavy atom. The summed E-state index contributed by atoms with van der Waals surface area (Å²) in [4.78, 5) is 16.4. The molecule has 1 fully saturated rings. The zero-order valence-electron chi connectivity index (χ0n) is 19.9. The molecule has 1 aliphatic rings. The number of ether oxygens (including phenoxy) is 1. The Kier molecular flexibility index (Phi) is 6.79. The summed E-state index contributed by atoms with van der Waals surface area (Å²) in [6.45, 7) is 3.92. The van der Waals surface area contributed by atoms with E-state index in [9.17, 15) is 4.79 Å². The summed E-state index contributed by atoms with van der Waals surface area (Å²) in [6, 6.07) is 18.4. The fourth-order valence-electron chi connectivity index (χ4n) is 4.70. The predicted molar refractivity (Wildman–Crippen MR) is 129 cm³/mol. The van der Waals surface area contributed by atoms with Crippen LogP contribution in [0.2, 0.25) is 0 Å². The Balaban J connectivity index is 1.35. The lowest BCUT2D eigenvalue weighted by molar-refractivity contribution is 0.0867. The maximum Gasteiger partial charge on any atom is 0.414 e. The first-order valence-corrected chi connectivity index (χ1v) is 11.6. The average molecular weight is 448 g/mol. The molecule has 1 N–H and O–H groups in total. The van der Waals surface area contributed by atoms with Crippen LogP contribution in [0.25, 0.3) is 5.69 Å². The maximum atomic E-state index is 12.6. The van der Waals surface area contributed by atoms with Crippen molar-refractivity contribution in [1.82, 2.24) is 25.2 Å². The van der Waals surface area contributed by atoms with Crippen LogP contribution in [0.15, 0.2) is 54.6 Å². The summed E-state index contributed by atoms with van der Waals surface area (Å²) >= 11 is 0. The van der Waals surface area contributed by atoms with Gasteiger partial charge in [-0.2, -0.15) is 0 Å². The number of carbonyl (C=O) groups is 1. The number of hydrogen-bond donors (Lipinski definition) is 1. The van der Waals surface area contributed by atoms with E-state index >= 15 is 0 Å². The first-order valence-electron chi connectivity index (χ1n) is 11.6. The molecule has 1 aliphatic carbocycles. The van der Waals surface area contributed by atoms with Gasteiger partial charge in [0.2, 0.25) is 0 Å². The normalized spacial score (nSPS) is 20.6. The van der Waals surface area contributed by atoms with Gasteiger partial charge >= 0.3 is 6.09 Å². The van der Waals surface area contributed by atoms with Crippen LogP contribution >= 0.6 is 0 Å². The molecule has 1 heterocycles. The summed E-state index contributed by atoms with van der Waals surface area (Å²) in [6.07, 6.45) is 4.40. The number of hydrogen-bond acceptors (Lipinski definition) is 5. The molecule has 0 bridgehead atoms. The summed E-state index contributed by atoms with van der Waals surface area (Å²) in [5, 5.41) is 11.7. The van der Waals surface area contributed by atoms with Gasteiger partial charge in [-0.15, -0.1) is 15.0 Å². The Morgan fingerprint density at radius 2 is 1.82 bits per heavy atom. The third kappa shape index (κ3) is 5.42. The molecule has 2 aromatic carbocycles. The van der Waals surface area contributed by atoms with Gasteiger partial charge in [-0.25, -0.2) is 4.79 Å². The number of rotatable bonds is 6. The zero-order chi connectivity index (χ0) is 23.4. The number of likely N-dealkylation sites (N-methyl/N-ethyl adjacent to an activating group) is 1. The number of nitrogens with zero attached hydrogens (tertiary/aromatic N) is 4. The van der Waals surface area contributed by atoms with Gasteiger partial charge in [-0.3, -0.25) is 0 Å². The Labute approximate surface area is 195 Å². The summed E-state index contributed by atoms with van der Waals surface area (Å²) in [5.41, 5.74) is 4.15. The highest BCUT2D eigenvalue weighted by molar-refractivity contribution is 5.70. The van der Waals surface area contributed by atoms with E-state index in [0.29, 0.717) is 5.69 Å². The van der Waals surface area contributed by atoms with E-state index in [4.69, 9.17) is 4.74 Å². The Morgan fingerprint density at radius 3 is 2.48 bits per heavy atom. The van der Waals surface area contributed by atoms with Crippen molar-refractivity contribution in [3.8, 4) is 11.6 Å². The molecule has 7 nitrogen and oxygen atoms in total. The van der Waals surface area contributed by atoms with Gasteiger partial charge in [0.15, 0.2) is 0 Å². The fourth-order valence-corrected chi connectivity index (χ4v) is 4.70. The largest absolute Gasteiger partial charge is 0.414 e. The third-order valence-electron chi connectivity index (χ3n) is 6.72. The molecule has 0 radical (unpaired) electrons. The van der Waals surface area contributed by atoms with Crippen molar-refractivity contribution in [3.05, 3.63) is 71.4 Å². The minimum atomic E-state index is -0.473. The molecule has 7 heteroatoms. The summed E-state index contributed by atoms with van der Waals surface area (Å²) in [5.74, 6) is 0.231. The Bertz CT molecular complexity index is 1090. The van der Waals surface area contributed by atoms with Gasteiger partial charge in [0.1, 0.15) is 5.69 Å². The molecule has 0 unspecified atom stereocenters. The number of carbonyl (C=O) groups excluding carboxylic acids is 1. The van der Waals surface area contributed by atoms with E-state index in [1.807, 2.05) is 30.3 Å². The molecule has 0 aliphatic heterocycles. The second-order valence-corrected chi connectivity index (χ2v) is 9.31. The molecule has 0 saturated heterocycles. The van der Waals surface area contributed by atoms with Crippen LogP contribution in [-0.2, 0) is 6.42 Å². The molecule has 1 aromatic heterocycles. The van der Waals surface area contributed by atoms with Crippen LogP contribution < -0.4 is 10.1 Å². The fraction of sp³-hybridized carbons (Fsp3) is 0.423. The lowest BCUT2D eigenvalue weighted by atomic mass is 9.74. The maximum absolute atomic E-state index is 12.6. The first kappa shape index (κ1) is 23.0. The molecule has 1 amide bonds. The second kappa shape index (κ2) is 9.75. The molecular weight excluding hydrogens is 414 g/mol. The highest BCUT2D eigenvalue weighted by Crippen LogP contribution is 2.35. The lowest BCUT2D eigenvalue weighted by Crippen LogP contribution is -2.52. The molecule has 1 saturated carbocycles. The second-order valence-electron chi connectivity index (χ2n) is 9.31. The van der Waals surface area contributed by atoms with Gasteiger partial charge in [-0.1, -0.05) is 48.0 Å². The topological polar surface area (TPSA) is 72.3 Å². The van der Waals surface area contributed by atoms with Crippen molar-refractivity contribution in [3.63, 3.8) is 0 Å². The molecule has 4 rings (SSSR count). The number of nitrogens with one attached hydrogen (secondary N) is 1. The number of aromatic nitrogens is 3. The average Bonchev–Trinajstić information content (AvgIpc) is 3.16. The van der Waals surface area contributed by atoms with Gasteiger partial charge < -0.3 is 15.0 Å². The van der Waals surface area contributed by atoms with Crippen molar-refractivity contribution < 1.29 is 9.53 Å². The van der Waals surface area contributed by atoms with Crippen LogP contribution in [0, 0.1) is 13.8 Å². The van der Waals surface area contributed by atoms with Crippen LogP contribution in [0.4, 0.5) is 4.79 Å². The highest BCUT2D eigenvalue weighted by Gasteiger charge is 2.38. The SMILES string of the molecule is Cc1cccc(CC2(N(C)C)CCC(NC(=O)Oc3nn(-c4ccccc4)nc3C)CC2)c1. The van der Waals surface area contributed by atoms with Gasteiger partial charge in [0, 0.05) is 11.6 Å². The van der Waals surface area contributed by atoms with E-state index in [0.717, 1.165) is 37.8 Å². The van der Waals surface area contributed by atoms with Crippen LogP contribution in [0.5, 0.6) is 5.88 Å². The minimum Gasteiger partial charge on any atom is -0.388 e. The van der Waals surface area contributed by atoms with Gasteiger partial charge in [-0.05, 0) is 77.7 Å². The molecule has 3 aromatic rings. The highest BCUT2D eigenvalue weighted by atomic mass is 16.6. The van der Waals surface area contributed by atoms with Crippen molar-refractivity contribution >= 4 is 6.09 Å². The quantitative estimate of drug-likeness (QED) is 0.604. The summed E-state index contributed by atoms with van der Waals surface area (Å²) in [7, 11) is 4.33. The predicted octanol–water partition coefficient (Wildman–Crippen LogP) is 4.46. The monoisotopic (exact) mass is 447 g/mol.